The molecule has 4 nitrogen and oxygen atoms in total. The first-order chi connectivity index (χ1) is 7.81. The molecule has 1 saturated carbocycles. The van der Waals surface area contributed by atoms with Crippen LogP contribution < -0.4 is 10.5 Å². The Morgan fingerprint density at radius 2 is 2.38 bits per heavy atom. The van der Waals surface area contributed by atoms with Gasteiger partial charge in [-0.05, 0) is 32.2 Å². The SMILES string of the molecule is CCn1ncc(OC)c1C1CCCC1CN. The molecule has 0 saturated heterocycles. The van der Waals surface area contributed by atoms with Crippen LogP contribution in [-0.4, -0.2) is 23.4 Å². The minimum Gasteiger partial charge on any atom is -0.493 e. The number of nitrogens with zero attached hydrogens (tertiary/aromatic N) is 2. The highest BCUT2D eigenvalue weighted by Gasteiger charge is 2.32. The summed E-state index contributed by atoms with van der Waals surface area (Å²) in [6, 6.07) is 0. The number of nitrogens with two attached hydrogens (primary N) is 1. The first kappa shape index (κ1) is 11.5. The van der Waals surface area contributed by atoms with Gasteiger partial charge in [-0.1, -0.05) is 6.42 Å². The van der Waals surface area contributed by atoms with Gasteiger partial charge in [-0.2, -0.15) is 5.10 Å². The molecule has 4 heteroatoms. The van der Waals surface area contributed by atoms with Crippen LogP contribution in [0.4, 0.5) is 0 Å². The molecule has 0 bridgehead atoms. The lowest BCUT2D eigenvalue weighted by Gasteiger charge is -2.20. The van der Waals surface area contributed by atoms with Crippen LogP contribution >= 0.6 is 0 Å². The number of ether oxygens (including phenoxy) is 1. The highest BCUT2D eigenvalue weighted by molar-refractivity contribution is 5.30. The molecule has 16 heavy (non-hydrogen) atoms. The summed E-state index contributed by atoms with van der Waals surface area (Å²) < 4.78 is 7.46. The maximum absolute atomic E-state index is 5.84. The average molecular weight is 223 g/mol. The molecule has 2 unspecified atom stereocenters. The molecule has 1 heterocycles. The van der Waals surface area contributed by atoms with E-state index >= 15 is 0 Å². The highest BCUT2D eigenvalue weighted by Crippen LogP contribution is 2.42. The Morgan fingerprint density at radius 3 is 3.00 bits per heavy atom. The van der Waals surface area contributed by atoms with Crippen LogP contribution in [0.15, 0.2) is 6.20 Å². The lowest BCUT2D eigenvalue weighted by Crippen LogP contribution is -2.20. The molecule has 0 spiro atoms. The Balaban J connectivity index is 2.33. The summed E-state index contributed by atoms with van der Waals surface area (Å²) in [5.74, 6) is 2.05. The first-order valence-electron chi connectivity index (χ1n) is 6.11. The van der Waals surface area contributed by atoms with E-state index in [1.165, 1.54) is 25.0 Å². The number of rotatable bonds is 4. The summed E-state index contributed by atoms with van der Waals surface area (Å²) in [4.78, 5) is 0. The molecular weight excluding hydrogens is 202 g/mol. The summed E-state index contributed by atoms with van der Waals surface area (Å²) in [7, 11) is 1.72. The number of methoxy groups -OCH3 is 1. The molecule has 90 valence electrons. The maximum Gasteiger partial charge on any atom is 0.160 e. The van der Waals surface area contributed by atoms with Crippen molar-refractivity contribution in [2.45, 2.75) is 38.6 Å². The molecular formula is C12H21N3O. The van der Waals surface area contributed by atoms with Gasteiger partial charge < -0.3 is 10.5 Å². The predicted octanol–water partition coefficient (Wildman–Crippen LogP) is 1.75. The largest absolute Gasteiger partial charge is 0.493 e. The molecule has 1 aromatic heterocycles. The molecule has 1 aliphatic rings. The van der Waals surface area contributed by atoms with E-state index in [4.69, 9.17) is 10.5 Å². The van der Waals surface area contributed by atoms with E-state index < -0.39 is 0 Å². The fraction of sp³-hybridized carbons (Fsp3) is 0.750. The summed E-state index contributed by atoms with van der Waals surface area (Å²) in [5.41, 5.74) is 7.09. The molecule has 1 fully saturated rings. The third kappa shape index (κ3) is 1.82. The van der Waals surface area contributed by atoms with Crippen LogP contribution in [0.5, 0.6) is 5.75 Å². The Hall–Kier alpha value is -1.03. The molecule has 0 aliphatic heterocycles. The minimum absolute atomic E-state index is 0.530. The fourth-order valence-corrected chi connectivity index (χ4v) is 2.84. The number of aryl methyl sites for hydroxylation is 1. The molecule has 2 N–H and O–H groups in total. The second-order valence-electron chi connectivity index (χ2n) is 4.45. The van der Waals surface area contributed by atoms with E-state index in [9.17, 15) is 0 Å². The van der Waals surface area contributed by atoms with Crippen LogP contribution in [0.3, 0.4) is 0 Å². The third-order valence-electron chi connectivity index (χ3n) is 3.68. The lowest BCUT2D eigenvalue weighted by atomic mass is 9.92. The van der Waals surface area contributed by atoms with Crippen molar-refractivity contribution in [3.8, 4) is 5.75 Å². The molecule has 2 atom stereocenters. The molecule has 1 aromatic rings. The van der Waals surface area contributed by atoms with Crippen molar-refractivity contribution in [3.05, 3.63) is 11.9 Å². The molecule has 0 radical (unpaired) electrons. The van der Waals surface area contributed by atoms with Crippen molar-refractivity contribution in [2.75, 3.05) is 13.7 Å². The van der Waals surface area contributed by atoms with Crippen molar-refractivity contribution < 1.29 is 4.74 Å². The van der Waals surface area contributed by atoms with Gasteiger partial charge in [-0.3, -0.25) is 4.68 Å². The van der Waals surface area contributed by atoms with Gasteiger partial charge in [-0.15, -0.1) is 0 Å². The van der Waals surface area contributed by atoms with Crippen molar-refractivity contribution in [3.63, 3.8) is 0 Å². The van der Waals surface area contributed by atoms with Gasteiger partial charge in [0.05, 0.1) is 19.0 Å². The van der Waals surface area contributed by atoms with Gasteiger partial charge in [0.1, 0.15) is 0 Å². The summed E-state index contributed by atoms with van der Waals surface area (Å²) >= 11 is 0. The van der Waals surface area contributed by atoms with E-state index in [0.717, 1.165) is 18.8 Å². The number of hydrogen-bond acceptors (Lipinski definition) is 3. The van der Waals surface area contributed by atoms with E-state index in [-0.39, 0.29) is 0 Å². The van der Waals surface area contributed by atoms with Crippen molar-refractivity contribution >= 4 is 0 Å². The smallest absolute Gasteiger partial charge is 0.160 e. The zero-order valence-corrected chi connectivity index (χ0v) is 10.1. The van der Waals surface area contributed by atoms with E-state index in [2.05, 4.69) is 16.7 Å². The Morgan fingerprint density at radius 1 is 1.56 bits per heavy atom. The van der Waals surface area contributed by atoms with Crippen molar-refractivity contribution in [2.24, 2.45) is 11.7 Å². The van der Waals surface area contributed by atoms with Crippen molar-refractivity contribution in [1.82, 2.24) is 9.78 Å². The normalized spacial score (nSPS) is 24.9. The number of aromatic nitrogens is 2. The van der Waals surface area contributed by atoms with Crippen LogP contribution in [0.2, 0.25) is 0 Å². The van der Waals surface area contributed by atoms with Gasteiger partial charge in [0.25, 0.3) is 0 Å². The summed E-state index contributed by atoms with van der Waals surface area (Å²) in [6.45, 7) is 3.78. The van der Waals surface area contributed by atoms with Crippen molar-refractivity contribution in [1.29, 1.82) is 0 Å². The summed E-state index contributed by atoms with van der Waals surface area (Å²) in [6.07, 6.45) is 5.54. The fourth-order valence-electron chi connectivity index (χ4n) is 2.84. The monoisotopic (exact) mass is 223 g/mol. The molecule has 0 aromatic carbocycles. The van der Waals surface area contributed by atoms with E-state index in [0.29, 0.717) is 11.8 Å². The second-order valence-corrected chi connectivity index (χ2v) is 4.45. The van der Waals surface area contributed by atoms with Crippen LogP contribution in [0.1, 0.15) is 37.8 Å². The number of hydrogen-bond donors (Lipinski definition) is 1. The van der Waals surface area contributed by atoms with Gasteiger partial charge in [0, 0.05) is 12.5 Å². The average Bonchev–Trinajstić information content (AvgIpc) is 2.93. The Bertz CT molecular complexity index is 327. The Kier molecular flexibility index (Phi) is 3.49. The van der Waals surface area contributed by atoms with Gasteiger partial charge >= 0.3 is 0 Å². The third-order valence-corrected chi connectivity index (χ3v) is 3.68. The minimum atomic E-state index is 0.530. The molecule has 2 rings (SSSR count). The van der Waals surface area contributed by atoms with Crippen LogP contribution in [-0.2, 0) is 6.54 Å². The van der Waals surface area contributed by atoms with Gasteiger partial charge in [-0.25, -0.2) is 0 Å². The molecule has 1 aliphatic carbocycles. The van der Waals surface area contributed by atoms with E-state index in [1.807, 2.05) is 6.20 Å². The summed E-state index contributed by atoms with van der Waals surface area (Å²) in [5, 5.41) is 4.37. The Labute approximate surface area is 96.8 Å². The topological polar surface area (TPSA) is 53.1 Å². The second kappa shape index (κ2) is 4.87. The van der Waals surface area contributed by atoms with Gasteiger partial charge in [0.15, 0.2) is 5.75 Å². The van der Waals surface area contributed by atoms with Crippen LogP contribution in [0, 0.1) is 5.92 Å². The van der Waals surface area contributed by atoms with E-state index in [1.54, 1.807) is 7.11 Å². The predicted molar refractivity (Wildman–Crippen MR) is 63.6 cm³/mol. The van der Waals surface area contributed by atoms with Crippen LogP contribution in [0.25, 0.3) is 0 Å². The first-order valence-corrected chi connectivity index (χ1v) is 6.11. The zero-order valence-electron chi connectivity index (χ0n) is 10.1. The standard InChI is InChI=1S/C12H21N3O/c1-3-15-12(11(16-2)8-14-15)10-6-4-5-9(10)7-13/h8-10H,3-7,13H2,1-2H3. The quantitative estimate of drug-likeness (QED) is 0.846. The maximum atomic E-state index is 5.84. The highest BCUT2D eigenvalue weighted by atomic mass is 16.5. The van der Waals surface area contributed by atoms with Gasteiger partial charge in [0.2, 0.25) is 0 Å². The lowest BCUT2D eigenvalue weighted by molar-refractivity contribution is 0.387. The zero-order chi connectivity index (χ0) is 11.5. The molecule has 0 amide bonds.